The van der Waals surface area contributed by atoms with Crippen LogP contribution in [0.25, 0.3) is 11.0 Å². The maximum absolute atomic E-state index is 12.9. The van der Waals surface area contributed by atoms with Crippen molar-refractivity contribution < 1.29 is 9.90 Å². The van der Waals surface area contributed by atoms with Crippen molar-refractivity contribution in [2.45, 2.75) is 102 Å². The van der Waals surface area contributed by atoms with Crippen molar-refractivity contribution in [2.24, 2.45) is 45.8 Å². The van der Waals surface area contributed by atoms with Crippen LogP contribution in [0.3, 0.4) is 0 Å². The number of benzene rings is 2. The summed E-state index contributed by atoms with van der Waals surface area (Å²) in [5.41, 5.74) is 4.11. The quantitative estimate of drug-likeness (QED) is 0.327. The molecule has 0 saturated heterocycles. The zero-order valence-electron chi connectivity index (χ0n) is 25.0. The topological polar surface area (TPSA) is 55.1 Å². The maximum Gasteiger partial charge on any atom is 0.309 e. The number of hydrogen-bond donors (Lipinski definition) is 1. The molecule has 0 amide bonds. The molecule has 6 saturated carbocycles. The van der Waals surface area contributed by atoms with Crippen LogP contribution in [0.1, 0.15) is 101 Å². The summed E-state index contributed by atoms with van der Waals surface area (Å²) in [6.07, 6.45) is 17.2. The lowest BCUT2D eigenvalue weighted by atomic mass is 9.50. The molecule has 4 heteroatoms. The van der Waals surface area contributed by atoms with Crippen LogP contribution in [0, 0.1) is 45.8 Å². The number of aliphatic carboxylic acids is 1. The van der Waals surface area contributed by atoms with Crippen LogP contribution >= 0.6 is 0 Å². The first-order valence-electron chi connectivity index (χ1n) is 17.2. The number of rotatable bonds is 6. The second-order valence-corrected chi connectivity index (χ2v) is 16.0. The van der Waals surface area contributed by atoms with Crippen LogP contribution in [0.15, 0.2) is 54.6 Å². The third kappa shape index (κ3) is 3.65. The van der Waals surface area contributed by atoms with E-state index in [2.05, 4.69) is 59.2 Å². The monoisotopic (exact) mass is 562 g/mol. The fraction of sp³-hybridized carbons (Fsp3) is 0.632. The average Bonchev–Trinajstić information content (AvgIpc) is 3.50. The van der Waals surface area contributed by atoms with Gasteiger partial charge in [0.1, 0.15) is 5.82 Å². The molecular weight excluding hydrogens is 516 g/mol. The number of aromatic nitrogens is 2. The van der Waals surface area contributed by atoms with Crippen LogP contribution in [0.4, 0.5) is 0 Å². The van der Waals surface area contributed by atoms with Gasteiger partial charge in [-0.05, 0) is 135 Å². The van der Waals surface area contributed by atoms with E-state index in [0.29, 0.717) is 22.7 Å². The molecule has 6 bridgehead atoms. The van der Waals surface area contributed by atoms with Gasteiger partial charge in [-0.25, -0.2) is 4.98 Å². The fourth-order valence-corrected chi connectivity index (χ4v) is 12.8. The van der Waals surface area contributed by atoms with Gasteiger partial charge in [-0.3, -0.25) is 4.79 Å². The van der Waals surface area contributed by atoms with Gasteiger partial charge in [-0.1, -0.05) is 55.3 Å². The number of imidazole rings is 1. The lowest BCUT2D eigenvalue weighted by Crippen LogP contribution is -2.46. The first kappa shape index (κ1) is 25.8. The Morgan fingerprint density at radius 3 is 2.50 bits per heavy atom. The van der Waals surface area contributed by atoms with E-state index in [1.165, 1.54) is 81.1 Å². The lowest BCUT2D eigenvalue weighted by Gasteiger charge is -2.55. The second kappa shape index (κ2) is 9.19. The molecule has 0 aliphatic heterocycles. The largest absolute Gasteiger partial charge is 0.481 e. The molecule has 9 unspecified atom stereocenters. The molecule has 6 fully saturated rings. The number of para-hydroxylation sites is 2. The molecule has 6 aliphatic rings. The number of carbonyl (C=O) groups is 1. The number of carboxylic acids is 1. The molecule has 4 nitrogen and oxygen atoms in total. The minimum Gasteiger partial charge on any atom is -0.481 e. The van der Waals surface area contributed by atoms with Crippen molar-refractivity contribution >= 4 is 17.0 Å². The maximum atomic E-state index is 12.9. The zero-order valence-corrected chi connectivity index (χ0v) is 25.0. The Morgan fingerprint density at radius 1 is 0.857 bits per heavy atom. The standard InChI is InChI=1S/C38H46N2O2/c41-35(42)38-13-6-9-26-17-31(38)23-37(19-26,24-38)36-20-27-15-28(18-30(22-36)29(16-27)21-36)34-39-32-10-4-5-11-33(32)40(34)14-12-25-7-2-1-3-8-25/h1-5,7-8,10-11,26-31H,6,9,12-24H2,(H,41,42). The van der Waals surface area contributed by atoms with E-state index < -0.39 is 11.4 Å². The second-order valence-electron chi connectivity index (χ2n) is 16.0. The number of nitrogens with zero attached hydrogens (tertiary/aromatic N) is 2. The molecule has 1 heterocycles. The molecular formula is C38H46N2O2. The van der Waals surface area contributed by atoms with E-state index in [0.717, 1.165) is 61.4 Å². The average molecular weight is 563 g/mol. The number of aryl methyl sites for hydroxylation is 2. The molecule has 3 aromatic rings. The van der Waals surface area contributed by atoms with Crippen molar-refractivity contribution in [3.05, 3.63) is 66.0 Å². The highest BCUT2D eigenvalue weighted by Crippen LogP contribution is 2.78. The van der Waals surface area contributed by atoms with Gasteiger partial charge in [0.25, 0.3) is 0 Å². The third-order valence-electron chi connectivity index (χ3n) is 14.2. The van der Waals surface area contributed by atoms with Gasteiger partial charge in [-0.2, -0.15) is 0 Å². The number of fused-ring (bicyclic) bond motifs is 6. The van der Waals surface area contributed by atoms with Gasteiger partial charge >= 0.3 is 5.97 Å². The van der Waals surface area contributed by atoms with Gasteiger partial charge in [0.05, 0.1) is 16.4 Å². The molecule has 9 rings (SSSR count). The zero-order chi connectivity index (χ0) is 28.1. The highest BCUT2D eigenvalue weighted by Gasteiger charge is 2.71. The number of hydrogen-bond acceptors (Lipinski definition) is 2. The van der Waals surface area contributed by atoms with Crippen molar-refractivity contribution in [2.75, 3.05) is 0 Å². The summed E-state index contributed by atoms with van der Waals surface area (Å²) in [4.78, 5) is 18.3. The number of carboxylic acid groups (broad SMARTS) is 1. The molecule has 1 aromatic heterocycles. The first-order chi connectivity index (χ1) is 20.5. The van der Waals surface area contributed by atoms with Crippen LogP contribution < -0.4 is 0 Å². The van der Waals surface area contributed by atoms with Gasteiger partial charge in [0.15, 0.2) is 0 Å². The van der Waals surface area contributed by atoms with Gasteiger partial charge in [0.2, 0.25) is 0 Å². The Bertz CT molecular complexity index is 1520. The highest BCUT2D eigenvalue weighted by atomic mass is 16.4. The Labute approximate surface area is 250 Å². The van der Waals surface area contributed by atoms with Crippen LogP contribution in [0.5, 0.6) is 0 Å². The Balaban J connectivity index is 1.04. The summed E-state index contributed by atoms with van der Waals surface area (Å²) in [6.45, 7) is 0.988. The Morgan fingerprint density at radius 2 is 1.64 bits per heavy atom. The molecule has 6 aliphatic carbocycles. The Kier molecular flexibility index (Phi) is 5.66. The van der Waals surface area contributed by atoms with E-state index in [4.69, 9.17) is 4.98 Å². The molecule has 0 radical (unpaired) electrons. The van der Waals surface area contributed by atoms with E-state index in [1.54, 1.807) is 0 Å². The van der Waals surface area contributed by atoms with Crippen LogP contribution in [-0.2, 0) is 17.8 Å². The van der Waals surface area contributed by atoms with E-state index in [1.807, 2.05) is 0 Å². The smallest absolute Gasteiger partial charge is 0.309 e. The van der Waals surface area contributed by atoms with E-state index in [-0.39, 0.29) is 0 Å². The van der Waals surface area contributed by atoms with Gasteiger partial charge in [0, 0.05) is 12.5 Å². The van der Waals surface area contributed by atoms with Crippen molar-refractivity contribution in [3.63, 3.8) is 0 Å². The first-order valence-corrected chi connectivity index (χ1v) is 17.2. The van der Waals surface area contributed by atoms with Crippen molar-refractivity contribution in [1.82, 2.24) is 9.55 Å². The Hall–Kier alpha value is -2.62. The predicted octanol–water partition coefficient (Wildman–Crippen LogP) is 8.64. The van der Waals surface area contributed by atoms with E-state index in [9.17, 15) is 9.90 Å². The minimum absolute atomic E-state index is 0.292. The molecule has 1 N–H and O–H groups in total. The fourth-order valence-electron chi connectivity index (χ4n) is 12.8. The lowest BCUT2D eigenvalue weighted by molar-refractivity contribution is -0.152. The molecule has 42 heavy (non-hydrogen) atoms. The van der Waals surface area contributed by atoms with Crippen molar-refractivity contribution in [3.8, 4) is 0 Å². The van der Waals surface area contributed by atoms with Gasteiger partial charge < -0.3 is 9.67 Å². The van der Waals surface area contributed by atoms with E-state index >= 15 is 0 Å². The predicted molar refractivity (Wildman–Crippen MR) is 165 cm³/mol. The van der Waals surface area contributed by atoms with Gasteiger partial charge in [-0.15, -0.1) is 0 Å². The van der Waals surface area contributed by atoms with Crippen LogP contribution in [0.2, 0.25) is 0 Å². The molecule has 9 atom stereocenters. The third-order valence-corrected chi connectivity index (χ3v) is 14.2. The summed E-state index contributed by atoms with van der Waals surface area (Å²) in [7, 11) is 0. The molecule has 2 aromatic carbocycles. The molecule has 0 spiro atoms. The minimum atomic E-state index is -0.451. The molecule has 220 valence electrons. The summed E-state index contributed by atoms with van der Waals surface area (Å²) in [5.74, 6) is 5.02. The SMILES string of the molecule is O=C(O)C12CCCC3CC1CC(C14CC5CC(c6nc7ccccc7n6CCc6ccccc6)CC(C1)C(C5)C4)(C3)C2. The normalized spacial score (nSPS) is 41.7. The summed E-state index contributed by atoms with van der Waals surface area (Å²) >= 11 is 0. The summed E-state index contributed by atoms with van der Waals surface area (Å²) in [5, 5.41) is 10.7. The van der Waals surface area contributed by atoms with Crippen LogP contribution in [-0.4, -0.2) is 20.6 Å². The summed E-state index contributed by atoms with van der Waals surface area (Å²) in [6, 6.07) is 19.7. The highest BCUT2D eigenvalue weighted by molar-refractivity contribution is 5.76. The van der Waals surface area contributed by atoms with Crippen molar-refractivity contribution in [1.29, 1.82) is 0 Å². The summed E-state index contributed by atoms with van der Waals surface area (Å²) < 4.78 is 2.58.